The van der Waals surface area contributed by atoms with Gasteiger partial charge < -0.3 is 15.0 Å². The van der Waals surface area contributed by atoms with Crippen LogP contribution in [0.5, 0.6) is 0 Å². The zero-order valence-electron chi connectivity index (χ0n) is 23.2. The van der Waals surface area contributed by atoms with Gasteiger partial charge in [0.1, 0.15) is 6.29 Å². The predicted octanol–water partition coefficient (Wildman–Crippen LogP) is 2.48. The minimum absolute atomic E-state index is 0.0542. The Balaban J connectivity index is 0.000000406. The molecule has 3 radical (unpaired) electrons. The first-order chi connectivity index (χ1) is 19.4. The number of anilines is 2. The summed E-state index contributed by atoms with van der Waals surface area (Å²) in [6, 6.07) is 15.7. The summed E-state index contributed by atoms with van der Waals surface area (Å²) < 4.78 is 2.96. The van der Waals surface area contributed by atoms with Gasteiger partial charge in [0.15, 0.2) is 0 Å². The normalized spacial score (nSPS) is 14.6. The van der Waals surface area contributed by atoms with E-state index in [1.165, 1.54) is 0 Å². The second-order valence-electron chi connectivity index (χ2n) is 9.84. The second-order valence-corrected chi connectivity index (χ2v) is 11.7. The molecule has 207 valence electrons. The quantitative estimate of drug-likeness (QED) is 0.154. The van der Waals surface area contributed by atoms with Gasteiger partial charge in [-0.25, -0.2) is 0 Å². The number of hydrogen-bond acceptors (Lipinski definition) is 8. The minimum Gasteiger partial charge on any atom is -0.0382 e. The monoisotopic (exact) mass is 735 g/mol. The van der Waals surface area contributed by atoms with Gasteiger partial charge in [-0.1, -0.05) is 0 Å². The number of pyridine rings is 1. The molecule has 1 saturated heterocycles. The van der Waals surface area contributed by atoms with E-state index in [1.807, 2.05) is 79.2 Å². The van der Waals surface area contributed by atoms with Crippen molar-refractivity contribution in [2.24, 2.45) is 0 Å². The van der Waals surface area contributed by atoms with Gasteiger partial charge >= 0.3 is 172 Å². The van der Waals surface area contributed by atoms with Crippen molar-refractivity contribution in [1.29, 1.82) is 0 Å². The Morgan fingerprint density at radius 3 is 2.70 bits per heavy atom. The Hall–Kier alpha value is -3.39. The number of fused-ring (bicyclic) bond motifs is 1. The zero-order valence-corrected chi connectivity index (χ0v) is 27.1. The van der Waals surface area contributed by atoms with Crippen LogP contribution in [0.1, 0.15) is 29.6 Å². The second kappa shape index (κ2) is 14.3. The molecule has 1 fully saturated rings. The number of amides is 1. The van der Waals surface area contributed by atoms with Crippen molar-refractivity contribution in [3.63, 3.8) is 0 Å². The van der Waals surface area contributed by atoms with Crippen molar-refractivity contribution in [1.82, 2.24) is 29.4 Å². The number of unbranched alkanes of at least 4 members (excludes halogenated alkanes) is 1. The molecule has 11 heteroatoms. The smallest absolute Gasteiger partial charge is 0.0382 e. The van der Waals surface area contributed by atoms with Crippen LogP contribution >= 0.6 is 0 Å². The molecule has 1 unspecified atom stereocenters. The summed E-state index contributed by atoms with van der Waals surface area (Å²) in [6.07, 6.45) is 7.23. The number of nitrogens with one attached hydrogen (secondary N) is 2. The van der Waals surface area contributed by atoms with Crippen LogP contribution in [0.25, 0.3) is 16.8 Å². The van der Waals surface area contributed by atoms with Crippen LogP contribution in [0.15, 0.2) is 60.9 Å². The molecule has 4 aromatic rings. The van der Waals surface area contributed by atoms with Crippen LogP contribution in [0.3, 0.4) is 0 Å². The summed E-state index contributed by atoms with van der Waals surface area (Å²) in [5, 5.41) is 11.1. The number of nitrogens with zero attached hydrogens (tertiary/aromatic N) is 6. The van der Waals surface area contributed by atoms with Gasteiger partial charge in [-0.2, -0.15) is 0 Å². The third kappa shape index (κ3) is 7.63. The molecule has 1 aliphatic rings. The van der Waals surface area contributed by atoms with E-state index in [2.05, 4.69) is 31.7 Å². The molecular formula is C29H35N8O2Pb. The number of rotatable bonds is 9. The molecule has 0 saturated carbocycles. The maximum atomic E-state index is 12.9. The van der Waals surface area contributed by atoms with E-state index in [-0.39, 0.29) is 11.9 Å². The summed E-state index contributed by atoms with van der Waals surface area (Å²) in [4.78, 5) is 35.8. The van der Waals surface area contributed by atoms with Crippen LogP contribution in [-0.4, -0.2) is 114 Å². The van der Waals surface area contributed by atoms with E-state index in [4.69, 9.17) is 4.98 Å². The Bertz CT molecular complexity index is 1420. The van der Waals surface area contributed by atoms with Gasteiger partial charge in [0.2, 0.25) is 0 Å². The fourth-order valence-electron chi connectivity index (χ4n) is 4.52. The van der Waals surface area contributed by atoms with Gasteiger partial charge in [-0.15, -0.1) is 0 Å². The zero-order chi connectivity index (χ0) is 28.5. The van der Waals surface area contributed by atoms with Crippen molar-refractivity contribution < 1.29 is 9.59 Å². The average molecular weight is 735 g/mol. The van der Waals surface area contributed by atoms with Crippen LogP contribution in [0, 0.1) is 0 Å². The predicted molar refractivity (Wildman–Crippen MR) is 159 cm³/mol. The molecule has 1 amide bonds. The molecular weight excluding hydrogens is 700 g/mol. The summed E-state index contributed by atoms with van der Waals surface area (Å²) in [7, 11) is 5.87. The molecule has 0 aliphatic carbocycles. The van der Waals surface area contributed by atoms with E-state index in [0.717, 1.165) is 77.2 Å². The fourth-order valence-corrected chi connectivity index (χ4v) is 5.93. The Labute approximate surface area is 250 Å². The van der Waals surface area contributed by atoms with Gasteiger partial charge in [0.05, 0.1) is 0 Å². The Morgan fingerprint density at radius 2 is 1.98 bits per heavy atom. The molecule has 1 aliphatic heterocycles. The van der Waals surface area contributed by atoms with Crippen LogP contribution in [0.2, 0.25) is 0 Å². The van der Waals surface area contributed by atoms with E-state index < -0.39 is 0 Å². The first-order valence-electron chi connectivity index (χ1n) is 13.3. The Morgan fingerprint density at radius 1 is 1.18 bits per heavy atom. The van der Waals surface area contributed by atoms with Crippen molar-refractivity contribution in [2.75, 3.05) is 51.4 Å². The third-order valence-corrected chi connectivity index (χ3v) is 7.97. The minimum atomic E-state index is 0.0542. The number of benzene rings is 1. The number of hydrogen-bond donors (Lipinski definition) is 2. The van der Waals surface area contributed by atoms with Crippen LogP contribution < -0.4 is 13.9 Å². The molecule has 0 spiro atoms. The van der Waals surface area contributed by atoms with Gasteiger partial charge in [-0.3, -0.25) is 0 Å². The van der Waals surface area contributed by atoms with Crippen molar-refractivity contribution in [3.8, 4) is 11.3 Å². The standard InChI is InChI=1S/C23H22N7O.C6H13NO.Pb/c1-24-17-7-5-16(6-8-17)22(31)29-13-10-18(15-29)27-23-25-11-9-20(28-23)19-14-26-30-12-3-2-4-21(19)30;1-7(2)5-3-4-6-8;/h2-9,11-12,18,24H,10,13,15H2,1H3,(H,25,27,28);6H,3-5H2,1-2H3;. The molecule has 10 nitrogen and oxygen atoms in total. The van der Waals surface area contributed by atoms with E-state index in [1.54, 1.807) is 6.20 Å². The summed E-state index contributed by atoms with van der Waals surface area (Å²) in [5.74, 6) is 0.634. The average Bonchev–Trinajstić information content (AvgIpc) is 3.56. The van der Waals surface area contributed by atoms with Crippen molar-refractivity contribution in [2.45, 2.75) is 25.3 Å². The summed E-state index contributed by atoms with van der Waals surface area (Å²) in [5.41, 5.74) is 4.67. The number of carbonyl (C=O) groups excluding carboxylic acids is 2. The molecule has 1 aromatic carbocycles. The third-order valence-electron chi connectivity index (χ3n) is 6.61. The first kappa shape index (κ1) is 29.6. The number of aromatic nitrogens is 4. The van der Waals surface area contributed by atoms with E-state index in [0.29, 0.717) is 31.0 Å². The topological polar surface area (TPSA) is 108 Å². The molecule has 40 heavy (non-hydrogen) atoms. The first-order valence-corrected chi connectivity index (χ1v) is 15.3. The molecule has 4 heterocycles. The van der Waals surface area contributed by atoms with Gasteiger partial charge in [-0.05, 0) is 39.2 Å². The summed E-state index contributed by atoms with van der Waals surface area (Å²) >= 11 is 0.827. The van der Waals surface area contributed by atoms with Crippen LogP contribution in [0.4, 0.5) is 11.6 Å². The van der Waals surface area contributed by atoms with Crippen molar-refractivity contribution in [3.05, 3.63) is 66.5 Å². The molecule has 1 atom stereocenters. The van der Waals surface area contributed by atoms with Crippen molar-refractivity contribution >= 4 is 58.4 Å². The molecule has 3 aromatic heterocycles. The van der Waals surface area contributed by atoms with Gasteiger partial charge in [0, 0.05) is 19.2 Å². The molecule has 2 N–H and O–H groups in total. The molecule has 5 rings (SSSR count). The summed E-state index contributed by atoms with van der Waals surface area (Å²) in [6.45, 7) is 2.35. The maximum absolute atomic E-state index is 12.9. The Kier molecular flexibility index (Phi) is 10.6. The van der Waals surface area contributed by atoms with E-state index in [9.17, 15) is 9.59 Å². The van der Waals surface area contributed by atoms with Gasteiger partial charge in [0.25, 0.3) is 0 Å². The SMILES string of the molecule is CN(C)CCCC=O.CNc1ccc(C(=O)N2CCC(Nc3nccc(-c4[c]([Pb])nn5ccccc45)n3)C2)cc1. The number of likely N-dealkylation sites (tertiary alicyclic amines) is 1. The number of aldehydes is 1. The van der Waals surface area contributed by atoms with Crippen LogP contribution in [-0.2, 0) is 4.79 Å². The molecule has 0 bridgehead atoms. The van der Waals surface area contributed by atoms with E-state index >= 15 is 0 Å². The number of carbonyl (C=O) groups is 2. The fraction of sp³-hybridized carbons (Fsp3) is 0.345.